The van der Waals surface area contributed by atoms with E-state index in [4.69, 9.17) is 5.73 Å². The first-order valence-corrected chi connectivity index (χ1v) is 6.51. The first-order chi connectivity index (χ1) is 8.79. The molecule has 2 atom stereocenters. The van der Waals surface area contributed by atoms with Crippen molar-refractivity contribution in [3.8, 4) is 0 Å². The lowest BCUT2D eigenvalue weighted by Gasteiger charge is -2.19. The molecule has 98 valence electrons. The number of nitrogens with zero attached hydrogens (tertiary/aromatic N) is 1. The van der Waals surface area contributed by atoms with Gasteiger partial charge in [0.1, 0.15) is 0 Å². The van der Waals surface area contributed by atoms with Crippen LogP contribution in [0.2, 0.25) is 0 Å². The number of hydrogen-bond donors (Lipinski definition) is 3. The summed E-state index contributed by atoms with van der Waals surface area (Å²) in [6, 6.07) is 10.3. The largest absolute Gasteiger partial charge is 0.396 e. The molecule has 1 aromatic carbocycles. The van der Waals surface area contributed by atoms with Crippen LogP contribution >= 0.6 is 0 Å². The van der Waals surface area contributed by atoms with Crippen LogP contribution in [0.5, 0.6) is 0 Å². The Morgan fingerprint density at radius 2 is 2.11 bits per heavy atom. The highest BCUT2D eigenvalue weighted by atomic mass is 16.3. The molecule has 1 saturated carbocycles. The molecule has 4 N–H and O–H groups in total. The zero-order chi connectivity index (χ0) is 12.8. The van der Waals surface area contributed by atoms with Crippen LogP contribution in [-0.4, -0.2) is 23.7 Å². The summed E-state index contributed by atoms with van der Waals surface area (Å²) in [4.78, 5) is 4.33. The van der Waals surface area contributed by atoms with Gasteiger partial charge in [-0.05, 0) is 18.4 Å². The number of nitrogens with two attached hydrogens (primary N) is 1. The topological polar surface area (TPSA) is 70.6 Å². The number of guanidine groups is 1. The molecule has 2 rings (SSSR count). The second-order valence-corrected chi connectivity index (χ2v) is 4.81. The summed E-state index contributed by atoms with van der Waals surface area (Å²) in [6.45, 7) is 0.819. The Balaban J connectivity index is 1.85. The Labute approximate surface area is 108 Å². The maximum atomic E-state index is 9.24. The smallest absolute Gasteiger partial charge is 0.189 e. The Kier molecular flexibility index (Phi) is 4.59. The van der Waals surface area contributed by atoms with Gasteiger partial charge in [0.25, 0.3) is 0 Å². The summed E-state index contributed by atoms with van der Waals surface area (Å²) in [5.41, 5.74) is 7.02. The van der Waals surface area contributed by atoms with Gasteiger partial charge in [0, 0.05) is 18.6 Å². The van der Waals surface area contributed by atoms with E-state index < -0.39 is 0 Å². The van der Waals surface area contributed by atoms with E-state index in [-0.39, 0.29) is 12.6 Å². The molecule has 1 aliphatic carbocycles. The molecule has 0 amide bonds. The van der Waals surface area contributed by atoms with Gasteiger partial charge in [-0.25, -0.2) is 4.99 Å². The van der Waals surface area contributed by atoms with Crippen molar-refractivity contribution >= 4 is 5.96 Å². The first kappa shape index (κ1) is 12.9. The minimum atomic E-state index is 0.226. The molecule has 1 aliphatic rings. The number of hydrogen-bond acceptors (Lipinski definition) is 2. The molecule has 0 heterocycles. The molecule has 4 nitrogen and oxygen atoms in total. The van der Waals surface area contributed by atoms with Crippen molar-refractivity contribution in [2.75, 3.05) is 6.61 Å². The molecule has 0 aliphatic heterocycles. The third-order valence-electron chi connectivity index (χ3n) is 3.50. The molecule has 0 spiro atoms. The predicted molar refractivity (Wildman–Crippen MR) is 73.1 cm³/mol. The monoisotopic (exact) mass is 247 g/mol. The SMILES string of the molecule is NC(=NCc1ccccc1)N[C@H]1CCC[C@H]1CO. The molecule has 0 radical (unpaired) electrons. The zero-order valence-electron chi connectivity index (χ0n) is 10.5. The van der Waals surface area contributed by atoms with E-state index in [2.05, 4.69) is 10.3 Å². The zero-order valence-corrected chi connectivity index (χ0v) is 10.5. The minimum Gasteiger partial charge on any atom is -0.396 e. The van der Waals surface area contributed by atoms with Gasteiger partial charge >= 0.3 is 0 Å². The van der Waals surface area contributed by atoms with E-state index in [9.17, 15) is 5.11 Å². The molecule has 0 bridgehead atoms. The van der Waals surface area contributed by atoms with E-state index in [1.165, 1.54) is 0 Å². The van der Waals surface area contributed by atoms with Crippen molar-refractivity contribution in [1.29, 1.82) is 0 Å². The average Bonchev–Trinajstić information content (AvgIpc) is 2.85. The highest BCUT2D eigenvalue weighted by molar-refractivity contribution is 5.78. The molecule has 1 aromatic rings. The maximum absolute atomic E-state index is 9.24. The van der Waals surface area contributed by atoms with Crippen LogP contribution in [0.1, 0.15) is 24.8 Å². The van der Waals surface area contributed by atoms with Gasteiger partial charge < -0.3 is 16.2 Å². The van der Waals surface area contributed by atoms with E-state index in [0.29, 0.717) is 18.4 Å². The van der Waals surface area contributed by atoms with Crippen molar-refractivity contribution in [2.45, 2.75) is 31.8 Å². The standard InChI is InChI=1S/C14H21N3O/c15-14(16-9-11-5-2-1-3-6-11)17-13-8-4-7-12(13)10-18/h1-3,5-6,12-13,18H,4,7-10H2,(H3,15,16,17)/t12-,13-/m0/s1. The maximum Gasteiger partial charge on any atom is 0.189 e. The average molecular weight is 247 g/mol. The molecule has 0 unspecified atom stereocenters. The second-order valence-electron chi connectivity index (χ2n) is 4.81. The van der Waals surface area contributed by atoms with Gasteiger partial charge in [0.15, 0.2) is 5.96 Å². The normalized spacial score (nSPS) is 24.2. The van der Waals surface area contributed by atoms with Crippen LogP contribution in [-0.2, 0) is 6.54 Å². The van der Waals surface area contributed by atoms with Gasteiger partial charge in [0.2, 0.25) is 0 Å². The third kappa shape index (κ3) is 3.47. The number of benzene rings is 1. The number of aliphatic hydroxyl groups is 1. The minimum absolute atomic E-state index is 0.226. The number of aliphatic imine (C=N–C) groups is 1. The fraction of sp³-hybridized carbons (Fsp3) is 0.500. The van der Waals surface area contributed by atoms with Gasteiger partial charge in [-0.2, -0.15) is 0 Å². The van der Waals surface area contributed by atoms with Crippen molar-refractivity contribution in [1.82, 2.24) is 5.32 Å². The van der Waals surface area contributed by atoms with Gasteiger partial charge in [0.05, 0.1) is 6.54 Å². The lowest BCUT2D eigenvalue weighted by molar-refractivity contribution is 0.212. The quantitative estimate of drug-likeness (QED) is 0.554. The lowest BCUT2D eigenvalue weighted by atomic mass is 10.1. The fourth-order valence-electron chi connectivity index (χ4n) is 2.44. The summed E-state index contributed by atoms with van der Waals surface area (Å²) < 4.78 is 0. The van der Waals surface area contributed by atoms with E-state index in [1.54, 1.807) is 0 Å². The fourth-order valence-corrected chi connectivity index (χ4v) is 2.44. The Bertz CT molecular complexity index is 391. The molecule has 1 fully saturated rings. The molecule has 0 saturated heterocycles. The van der Waals surface area contributed by atoms with Gasteiger partial charge in [-0.3, -0.25) is 0 Å². The summed E-state index contributed by atoms with van der Waals surface area (Å²) >= 11 is 0. The summed E-state index contributed by atoms with van der Waals surface area (Å²) in [5, 5.41) is 12.5. The Morgan fingerprint density at radius 3 is 2.83 bits per heavy atom. The number of rotatable bonds is 4. The number of nitrogens with one attached hydrogen (secondary N) is 1. The van der Waals surface area contributed by atoms with E-state index in [0.717, 1.165) is 24.8 Å². The molecule has 18 heavy (non-hydrogen) atoms. The van der Waals surface area contributed by atoms with Crippen LogP contribution in [0.3, 0.4) is 0 Å². The Morgan fingerprint density at radius 1 is 1.33 bits per heavy atom. The first-order valence-electron chi connectivity index (χ1n) is 6.51. The molecular weight excluding hydrogens is 226 g/mol. The van der Waals surface area contributed by atoms with Crippen LogP contribution in [0.15, 0.2) is 35.3 Å². The highest BCUT2D eigenvalue weighted by Gasteiger charge is 2.26. The molecule has 0 aromatic heterocycles. The molecule has 4 heteroatoms. The van der Waals surface area contributed by atoms with Crippen LogP contribution in [0.25, 0.3) is 0 Å². The lowest BCUT2D eigenvalue weighted by Crippen LogP contribution is -2.42. The second kappa shape index (κ2) is 6.40. The highest BCUT2D eigenvalue weighted by Crippen LogP contribution is 2.24. The number of aliphatic hydroxyl groups excluding tert-OH is 1. The van der Waals surface area contributed by atoms with E-state index >= 15 is 0 Å². The van der Waals surface area contributed by atoms with Crippen molar-refractivity contribution < 1.29 is 5.11 Å². The van der Waals surface area contributed by atoms with E-state index in [1.807, 2.05) is 30.3 Å². The Hall–Kier alpha value is -1.55. The van der Waals surface area contributed by atoms with Gasteiger partial charge in [-0.1, -0.05) is 36.8 Å². The van der Waals surface area contributed by atoms with Crippen LogP contribution in [0, 0.1) is 5.92 Å². The third-order valence-corrected chi connectivity index (χ3v) is 3.50. The van der Waals surface area contributed by atoms with Crippen molar-refractivity contribution in [2.24, 2.45) is 16.6 Å². The van der Waals surface area contributed by atoms with Gasteiger partial charge in [-0.15, -0.1) is 0 Å². The van der Waals surface area contributed by atoms with Crippen LogP contribution in [0.4, 0.5) is 0 Å². The van der Waals surface area contributed by atoms with Crippen molar-refractivity contribution in [3.63, 3.8) is 0 Å². The summed E-state index contributed by atoms with van der Waals surface area (Å²) in [5.74, 6) is 0.791. The summed E-state index contributed by atoms with van der Waals surface area (Å²) in [7, 11) is 0. The predicted octanol–water partition coefficient (Wildman–Crippen LogP) is 1.25. The summed E-state index contributed by atoms with van der Waals surface area (Å²) in [6.07, 6.45) is 3.28. The molecular formula is C14H21N3O. The van der Waals surface area contributed by atoms with Crippen molar-refractivity contribution in [3.05, 3.63) is 35.9 Å². The van der Waals surface area contributed by atoms with Crippen LogP contribution < -0.4 is 11.1 Å².